The number of hydrogen-bond acceptors (Lipinski definition) is 2. The Morgan fingerprint density at radius 3 is 2.83 bits per heavy atom. The maximum Gasteiger partial charge on any atom is 0.249 e. The van der Waals surface area contributed by atoms with E-state index in [2.05, 4.69) is 5.32 Å². The Balaban J connectivity index is 1.63. The van der Waals surface area contributed by atoms with E-state index in [-0.39, 0.29) is 17.8 Å². The predicted octanol–water partition coefficient (Wildman–Crippen LogP) is 2.05. The fourth-order valence-electron chi connectivity index (χ4n) is 2.05. The fraction of sp³-hybridized carbons (Fsp3) is 0.500. The van der Waals surface area contributed by atoms with E-state index in [1.165, 1.54) is 12.1 Å². The molecule has 1 amide bonds. The SMILES string of the molecule is O=C(NCCCc1ccc(F)cc1)[C@@H]1CCCO1. The van der Waals surface area contributed by atoms with Gasteiger partial charge in [-0.2, -0.15) is 0 Å². The molecule has 1 atom stereocenters. The van der Waals surface area contributed by atoms with Crippen LogP contribution in [0.1, 0.15) is 24.8 Å². The molecule has 0 spiro atoms. The summed E-state index contributed by atoms with van der Waals surface area (Å²) in [6, 6.07) is 6.47. The molecular formula is C14H18FNO2. The van der Waals surface area contributed by atoms with Gasteiger partial charge in [0, 0.05) is 13.2 Å². The highest BCUT2D eigenvalue weighted by Gasteiger charge is 2.22. The molecule has 0 radical (unpaired) electrons. The smallest absolute Gasteiger partial charge is 0.249 e. The third-order valence-electron chi connectivity index (χ3n) is 3.08. The number of rotatable bonds is 5. The highest BCUT2D eigenvalue weighted by atomic mass is 19.1. The van der Waals surface area contributed by atoms with E-state index in [0.29, 0.717) is 13.2 Å². The Morgan fingerprint density at radius 2 is 2.17 bits per heavy atom. The van der Waals surface area contributed by atoms with Crippen LogP contribution < -0.4 is 5.32 Å². The fourth-order valence-corrected chi connectivity index (χ4v) is 2.05. The zero-order valence-corrected chi connectivity index (χ0v) is 10.3. The number of carbonyl (C=O) groups is 1. The van der Waals surface area contributed by atoms with Gasteiger partial charge in [-0.25, -0.2) is 4.39 Å². The van der Waals surface area contributed by atoms with Gasteiger partial charge in [0.25, 0.3) is 0 Å². The largest absolute Gasteiger partial charge is 0.368 e. The first-order valence-corrected chi connectivity index (χ1v) is 6.39. The van der Waals surface area contributed by atoms with Gasteiger partial charge in [-0.1, -0.05) is 12.1 Å². The van der Waals surface area contributed by atoms with Crippen LogP contribution in [0.4, 0.5) is 4.39 Å². The lowest BCUT2D eigenvalue weighted by atomic mass is 10.1. The molecule has 1 aliphatic heterocycles. The molecule has 0 saturated carbocycles. The van der Waals surface area contributed by atoms with E-state index < -0.39 is 0 Å². The Kier molecular flexibility index (Phi) is 4.70. The first-order valence-electron chi connectivity index (χ1n) is 6.39. The van der Waals surface area contributed by atoms with Gasteiger partial charge in [-0.15, -0.1) is 0 Å². The lowest BCUT2D eigenvalue weighted by Gasteiger charge is -2.10. The summed E-state index contributed by atoms with van der Waals surface area (Å²) in [4.78, 5) is 11.6. The molecule has 1 fully saturated rings. The highest BCUT2D eigenvalue weighted by molar-refractivity contribution is 5.80. The number of ether oxygens (including phenoxy) is 1. The first kappa shape index (κ1) is 13.0. The lowest BCUT2D eigenvalue weighted by molar-refractivity contribution is -0.130. The van der Waals surface area contributed by atoms with E-state index in [1.54, 1.807) is 12.1 Å². The Morgan fingerprint density at radius 1 is 1.39 bits per heavy atom. The quantitative estimate of drug-likeness (QED) is 0.813. The van der Waals surface area contributed by atoms with Gasteiger partial charge in [0.15, 0.2) is 0 Å². The topological polar surface area (TPSA) is 38.3 Å². The number of nitrogens with one attached hydrogen (secondary N) is 1. The summed E-state index contributed by atoms with van der Waals surface area (Å²) in [5, 5.41) is 2.87. The van der Waals surface area contributed by atoms with Gasteiger partial charge in [0.05, 0.1) is 0 Å². The summed E-state index contributed by atoms with van der Waals surface area (Å²) in [6.07, 6.45) is 3.23. The maximum atomic E-state index is 12.7. The standard InChI is InChI=1S/C14H18FNO2/c15-12-7-5-11(6-8-12)3-1-9-16-14(17)13-4-2-10-18-13/h5-8,13H,1-4,9-10H2,(H,16,17)/t13-/m0/s1. The molecular weight excluding hydrogens is 233 g/mol. The average molecular weight is 251 g/mol. The molecule has 0 bridgehead atoms. The summed E-state index contributed by atoms with van der Waals surface area (Å²) in [6.45, 7) is 1.32. The molecule has 1 aliphatic rings. The van der Waals surface area contributed by atoms with Crippen LogP contribution >= 0.6 is 0 Å². The normalized spacial score (nSPS) is 18.8. The van der Waals surface area contributed by atoms with Crippen molar-refractivity contribution in [2.24, 2.45) is 0 Å². The summed E-state index contributed by atoms with van der Waals surface area (Å²) < 4.78 is 18.0. The second-order valence-electron chi connectivity index (χ2n) is 4.52. The second-order valence-corrected chi connectivity index (χ2v) is 4.52. The van der Waals surface area contributed by atoms with E-state index in [1.807, 2.05) is 0 Å². The Bertz CT molecular complexity index is 385. The van der Waals surface area contributed by atoms with Crippen LogP contribution in [0.25, 0.3) is 0 Å². The molecule has 2 rings (SSSR count). The molecule has 1 saturated heterocycles. The zero-order valence-electron chi connectivity index (χ0n) is 10.3. The minimum absolute atomic E-state index is 0.00777. The van der Waals surface area contributed by atoms with Crippen LogP contribution in [-0.2, 0) is 16.0 Å². The summed E-state index contributed by atoms with van der Waals surface area (Å²) in [5.41, 5.74) is 1.09. The van der Waals surface area contributed by atoms with Crippen molar-refractivity contribution in [3.8, 4) is 0 Å². The van der Waals surface area contributed by atoms with E-state index in [9.17, 15) is 9.18 Å². The third kappa shape index (κ3) is 3.81. The van der Waals surface area contributed by atoms with E-state index in [0.717, 1.165) is 31.2 Å². The molecule has 18 heavy (non-hydrogen) atoms. The van der Waals surface area contributed by atoms with Gasteiger partial charge in [-0.05, 0) is 43.4 Å². The van der Waals surface area contributed by atoms with Gasteiger partial charge < -0.3 is 10.1 Å². The molecule has 1 N–H and O–H groups in total. The molecule has 98 valence electrons. The van der Waals surface area contributed by atoms with Crippen molar-refractivity contribution in [2.75, 3.05) is 13.2 Å². The van der Waals surface area contributed by atoms with Crippen LogP contribution in [-0.4, -0.2) is 25.2 Å². The summed E-state index contributed by atoms with van der Waals surface area (Å²) in [7, 11) is 0. The highest BCUT2D eigenvalue weighted by Crippen LogP contribution is 2.11. The number of carbonyl (C=O) groups excluding carboxylic acids is 1. The molecule has 1 heterocycles. The van der Waals surface area contributed by atoms with Crippen molar-refractivity contribution in [3.63, 3.8) is 0 Å². The second kappa shape index (κ2) is 6.50. The number of amides is 1. The van der Waals surface area contributed by atoms with Crippen molar-refractivity contribution in [2.45, 2.75) is 31.8 Å². The zero-order chi connectivity index (χ0) is 12.8. The molecule has 1 aromatic carbocycles. The Labute approximate surface area is 106 Å². The van der Waals surface area contributed by atoms with Crippen LogP contribution in [0, 0.1) is 5.82 Å². The van der Waals surface area contributed by atoms with E-state index >= 15 is 0 Å². The van der Waals surface area contributed by atoms with Gasteiger partial charge in [0.1, 0.15) is 11.9 Å². The first-order chi connectivity index (χ1) is 8.75. The number of benzene rings is 1. The predicted molar refractivity (Wildman–Crippen MR) is 66.7 cm³/mol. The summed E-state index contributed by atoms with van der Waals surface area (Å²) >= 11 is 0. The molecule has 0 aliphatic carbocycles. The van der Waals surface area contributed by atoms with Crippen molar-refractivity contribution < 1.29 is 13.9 Å². The number of aryl methyl sites for hydroxylation is 1. The maximum absolute atomic E-state index is 12.7. The third-order valence-corrected chi connectivity index (χ3v) is 3.08. The monoisotopic (exact) mass is 251 g/mol. The molecule has 4 heteroatoms. The molecule has 0 unspecified atom stereocenters. The van der Waals surface area contributed by atoms with Crippen LogP contribution in [0.15, 0.2) is 24.3 Å². The molecule has 1 aromatic rings. The summed E-state index contributed by atoms with van der Waals surface area (Å²) in [5.74, 6) is -0.225. The van der Waals surface area contributed by atoms with Crippen molar-refractivity contribution in [1.82, 2.24) is 5.32 Å². The molecule has 0 aromatic heterocycles. The number of hydrogen-bond donors (Lipinski definition) is 1. The minimum atomic E-state index is -0.254. The van der Waals surface area contributed by atoms with Gasteiger partial charge in [0.2, 0.25) is 5.91 Å². The minimum Gasteiger partial charge on any atom is -0.368 e. The van der Waals surface area contributed by atoms with Crippen LogP contribution in [0.5, 0.6) is 0 Å². The van der Waals surface area contributed by atoms with Crippen molar-refractivity contribution >= 4 is 5.91 Å². The van der Waals surface area contributed by atoms with Crippen molar-refractivity contribution in [1.29, 1.82) is 0 Å². The van der Waals surface area contributed by atoms with Gasteiger partial charge >= 0.3 is 0 Å². The lowest BCUT2D eigenvalue weighted by Crippen LogP contribution is -2.34. The van der Waals surface area contributed by atoms with E-state index in [4.69, 9.17) is 4.74 Å². The van der Waals surface area contributed by atoms with Gasteiger partial charge in [-0.3, -0.25) is 4.79 Å². The van der Waals surface area contributed by atoms with Crippen molar-refractivity contribution in [3.05, 3.63) is 35.6 Å². The van der Waals surface area contributed by atoms with Crippen LogP contribution in [0.3, 0.4) is 0 Å². The number of halogens is 1. The Hall–Kier alpha value is -1.42. The molecule has 3 nitrogen and oxygen atoms in total. The average Bonchev–Trinajstić information content (AvgIpc) is 2.90. The van der Waals surface area contributed by atoms with Crippen LogP contribution in [0.2, 0.25) is 0 Å².